The summed E-state index contributed by atoms with van der Waals surface area (Å²) < 4.78 is 15.0. The Kier molecular flexibility index (Phi) is 4.35. The van der Waals surface area contributed by atoms with Crippen molar-refractivity contribution >= 4 is 22.5 Å². The summed E-state index contributed by atoms with van der Waals surface area (Å²) in [6, 6.07) is 14.9. The van der Waals surface area contributed by atoms with Crippen molar-refractivity contribution in [2.75, 3.05) is 36.0 Å². The second-order valence-electron chi connectivity index (χ2n) is 7.28. The zero-order chi connectivity index (χ0) is 19.8. The average molecular weight is 388 g/mol. The van der Waals surface area contributed by atoms with Crippen molar-refractivity contribution in [1.29, 1.82) is 0 Å². The molecule has 29 heavy (non-hydrogen) atoms. The zero-order valence-electron chi connectivity index (χ0n) is 16.2. The van der Waals surface area contributed by atoms with E-state index in [-0.39, 0.29) is 5.82 Å². The number of halogens is 1. The van der Waals surface area contributed by atoms with Crippen LogP contribution in [0.2, 0.25) is 0 Å². The second kappa shape index (κ2) is 7.16. The Balaban J connectivity index is 1.40. The van der Waals surface area contributed by atoms with Gasteiger partial charge in [0.25, 0.3) is 0 Å². The summed E-state index contributed by atoms with van der Waals surface area (Å²) in [6.45, 7) is 5.43. The second-order valence-corrected chi connectivity index (χ2v) is 7.28. The summed E-state index contributed by atoms with van der Waals surface area (Å²) >= 11 is 0. The van der Waals surface area contributed by atoms with Gasteiger partial charge in [0.1, 0.15) is 18.0 Å². The van der Waals surface area contributed by atoms with E-state index in [1.807, 2.05) is 35.1 Å². The summed E-state index contributed by atoms with van der Waals surface area (Å²) in [5.41, 5.74) is 4.04. The first kappa shape index (κ1) is 17.6. The van der Waals surface area contributed by atoms with Gasteiger partial charge < -0.3 is 9.80 Å². The maximum atomic E-state index is 13.2. The van der Waals surface area contributed by atoms with Crippen molar-refractivity contribution in [3.8, 4) is 5.69 Å². The number of nitrogens with zero attached hydrogens (tertiary/aromatic N) is 6. The Morgan fingerprint density at radius 2 is 1.45 bits per heavy atom. The van der Waals surface area contributed by atoms with Gasteiger partial charge in [-0.2, -0.15) is 5.10 Å². The van der Waals surface area contributed by atoms with Crippen molar-refractivity contribution in [3.05, 3.63) is 72.4 Å². The predicted molar refractivity (Wildman–Crippen MR) is 112 cm³/mol. The first-order chi connectivity index (χ1) is 14.2. The van der Waals surface area contributed by atoms with E-state index in [0.29, 0.717) is 0 Å². The highest BCUT2D eigenvalue weighted by molar-refractivity contribution is 5.87. The Hall–Kier alpha value is -3.48. The molecular weight excluding hydrogens is 367 g/mol. The lowest BCUT2D eigenvalue weighted by Crippen LogP contribution is -2.46. The van der Waals surface area contributed by atoms with Gasteiger partial charge in [-0.3, -0.25) is 0 Å². The Morgan fingerprint density at radius 1 is 0.793 bits per heavy atom. The smallest absolute Gasteiger partial charge is 0.168 e. The van der Waals surface area contributed by atoms with Crippen molar-refractivity contribution in [1.82, 2.24) is 19.7 Å². The number of aryl methyl sites for hydroxylation is 1. The van der Waals surface area contributed by atoms with E-state index >= 15 is 0 Å². The molecule has 6 nitrogen and oxygen atoms in total. The molecule has 0 bridgehead atoms. The predicted octanol–water partition coefficient (Wildman–Crippen LogP) is 3.59. The lowest BCUT2D eigenvalue weighted by atomic mass is 10.2. The molecule has 5 rings (SSSR count). The zero-order valence-corrected chi connectivity index (χ0v) is 16.2. The van der Waals surface area contributed by atoms with Crippen LogP contribution in [-0.4, -0.2) is 45.9 Å². The van der Waals surface area contributed by atoms with E-state index in [1.54, 1.807) is 6.33 Å². The third-order valence-corrected chi connectivity index (χ3v) is 5.39. The highest BCUT2D eigenvalue weighted by atomic mass is 19.1. The van der Waals surface area contributed by atoms with Gasteiger partial charge in [0, 0.05) is 31.9 Å². The number of hydrogen-bond donors (Lipinski definition) is 0. The van der Waals surface area contributed by atoms with Gasteiger partial charge in [-0.1, -0.05) is 17.7 Å². The number of benzene rings is 2. The summed E-state index contributed by atoms with van der Waals surface area (Å²) in [6.07, 6.45) is 3.45. The highest BCUT2D eigenvalue weighted by Crippen LogP contribution is 2.26. The molecule has 1 fully saturated rings. The van der Waals surface area contributed by atoms with Crippen molar-refractivity contribution in [3.63, 3.8) is 0 Å². The maximum absolute atomic E-state index is 13.2. The number of aromatic nitrogens is 4. The van der Waals surface area contributed by atoms with Crippen LogP contribution in [0.3, 0.4) is 0 Å². The number of hydrogen-bond acceptors (Lipinski definition) is 5. The van der Waals surface area contributed by atoms with Crippen molar-refractivity contribution in [2.45, 2.75) is 6.92 Å². The molecule has 0 unspecified atom stereocenters. The molecule has 3 heterocycles. The third kappa shape index (κ3) is 3.29. The molecule has 0 amide bonds. The first-order valence-corrected chi connectivity index (χ1v) is 9.70. The number of rotatable bonds is 3. The monoisotopic (exact) mass is 388 g/mol. The fourth-order valence-corrected chi connectivity index (χ4v) is 3.79. The minimum atomic E-state index is -0.207. The molecule has 1 aliphatic heterocycles. The summed E-state index contributed by atoms with van der Waals surface area (Å²) in [5.74, 6) is 0.702. The topological polar surface area (TPSA) is 50.1 Å². The standard InChI is InChI=1S/C22H21FN6/c1-16-2-6-19(7-3-16)29-22-20(14-26-29)21(24-15-25-22)28-12-10-27(11-13-28)18-8-4-17(23)5-9-18/h2-9,14-15H,10-13H2,1H3. The quantitative estimate of drug-likeness (QED) is 0.537. The Morgan fingerprint density at radius 3 is 2.17 bits per heavy atom. The molecule has 0 atom stereocenters. The Labute approximate surface area is 168 Å². The first-order valence-electron chi connectivity index (χ1n) is 9.70. The molecule has 0 saturated carbocycles. The van der Waals surface area contributed by atoms with Crippen LogP contribution in [0, 0.1) is 12.7 Å². The normalized spacial score (nSPS) is 14.6. The van der Waals surface area contributed by atoms with Crippen LogP contribution in [0.1, 0.15) is 5.56 Å². The van der Waals surface area contributed by atoms with E-state index in [0.717, 1.165) is 54.4 Å². The minimum absolute atomic E-state index is 0.207. The van der Waals surface area contributed by atoms with Gasteiger partial charge in [-0.05, 0) is 43.3 Å². The fraction of sp³-hybridized carbons (Fsp3) is 0.227. The van der Waals surface area contributed by atoms with Gasteiger partial charge >= 0.3 is 0 Å². The molecule has 0 N–H and O–H groups in total. The van der Waals surface area contributed by atoms with Crippen LogP contribution < -0.4 is 9.80 Å². The summed E-state index contributed by atoms with van der Waals surface area (Å²) in [7, 11) is 0. The van der Waals surface area contributed by atoms with E-state index in [9.17, 15) is 4.39 Å². The van der Waals surface area contributed by atoms with Gasteiger partial charge in [0.05, 0.1) is 17.3 Å². The van der Waals surface area contributed by atoms with E-state index < -0.39 is 0 Å². The van der Waals surface area contributed by atoms with Gasteiger partial charge in [0.2, 0.25) is 0 Å². The van der Waals surface area contributed by atoms with Crippen molar-refractivity contribution < 1.29 is 4.39 Å². The van der Waals surface area contributed by atoms with Crippen LogP contribution >= 0.6 is 0 Å². The summed E-state index contributed by atoms with van der Waals surface area (Å²) in [5, 5.41) is 5.51. The van der Waals surface area contributed by atoms with Crippen LogP contribution in [0.25, 0.3) is 16.7 Å². The van der Waals surface area contributed by atoms with Gasteiger partial charge in [-0.15, -0.1) is 0 Å². The molecule has 0 radical (unpaired) electrons. The molecule has 7 heteroatoms. The highest BCUT2D eigenvalue weighted by Gasteiger charge is 2.21. The van der Waals surface area contributed by atoms with Crippen LogP contribution in [-0.2, 0) is 0 Å². The summed E-state index contributed by atoms with van der Waals surface area (Å²) in [4.78, 5) is 13.6. The molecular formula is C22H21FN6. The lowest BCUT2D eigenvalue weighted by molar-refractivity contribution is 0.624. The molecule has 1 saturated heterocycles. The molecule has 0 spiro atoms. The molecule has 4 aromatic rings. The largest absolute Gasteiger partial charge is 0.368 e. The van der Waals surface area contributed by atoms with Gasteiger partial charge in [0.15, 0.2) is 5.65 Å². The lowest BCUT2D eigenvalue weighted by Gasteiger charge is -2.36. The van der Waals surface area contributed by atoms with Gasteiger partial charge in [-0.25, -0.2) is 19.0 Å². The molecule has 146 valence electrons. The minimum Gasteiger partial charge on any atom is -0.368 e. The van der Waals surface area contributed by atoms with E-state index in [2.05, 4.69) is 43.9 Å². The molecule has 2 aromatic carbocycles. The number of fused-ring (bicyclic) bond motifs is 1. The number of anilines is 2. The van der Waals surface area contributed by atoms with Crippen LogP contribution in [0.5, 0.6) is 0 Å². The average Bonchev–Trinajstić information content (AvgIpc) is 3.19. The van der Waals surface area contributed by atoms with Crippen LogP contribution in [0.15, 0.2) is 61.1 Å². The van der Waals surface area contributed by atoms with Crippen molar-refractivity contribution in [2.24, 2.45) is 0 Å². The van der Waals surface area contributed by atoms with E-state index in [4.69, 9.17) is 0 Å². The van der Waals surface area contributed by atoms with Crippen LogP contribution in [0.4, 0.5) is 15.9 Å². The Bertz CT molecular complexity index is 1130. The molecule has 0 aliphatic carbocycles. The molecule has 2 aromatic heterocycles. The fourth-order valence-electron chi connectivity index (χ4n) is 3.79. The third-order valence-electron chi connectivity index (χ3n) is 5.39. The van der Waals surface area contributed by atoms with E-state index in [1.165, 1.54) is 17.7 Å². The molecule has 1 aliphatic rings. The number of piperazine rings is 1. The SMILES string of the molecule is Cc1ccc(-n2ncc3c(N4CCN(c5ccc(F)cc5)CC4)ncnc32)cc1. The maximum Gasteiger partial charge on any atom is 0.168 e.